The minimum Gasteiger partial charge on any atom is -0.469 e. The number of rotatable bonds is 4. The van der Waals surface area contributed by atoms with Crippen LogP contribution < -0.4 is 16.8 Å². The van der Waals surface area contributed by atoms with E-state index in [1.54, 1.807) is 0 Å². The molecule has 1 aromatic rings. The number of nitrogens with zero attached hydrogens (tertiary/aromatic N) is 2. The summed E-state index contributed by atoms with van der Waals surface area (Å²) in [5.41, 5.74) is 10.8. The molecule has 5 N–H and O–H groups in total. The average Bonchev–Trinajstić information content (AvgIpc) is 2.16. The van der Waals surface area contributed by atoms with Crippen LogP contribution in [0, 0.1) is 0 Å². The minimum atomic E-state index is -0.294. The Morgan fingerprint density at radius 2 is 2.27 bits per heavy atom. The average molecular weight is 211 g/mol. The Labute approximate surface area is 86.8 Å². The molecule has 0 aliphatic rings. The summed E-state index contributed by atoms with van der Waals surface area (Å²) in [4.78, 5) is 18.4. The fourth-order valence-electron chi connectivity index (χ4n) is 0.971. The van der Waals surface area contributed by atoms with Crippen molar-refractivity contribution in [3.63, 3.8) is 0 Å². The van der Waals surface area contributed by atoms with Crippen molar-refractivity contribution in [1.82, 2.24) is 9.97 Å². The van der Waals surface area contributed by atoms with Crippen LogP contribution in [0.5, 0.6) is 0 Å². The zero-order valence-corrected chi connectivity index (χ0v) is 8.36. The first kappa shape index (κ1) is 11.0. The predicted octanol–water partition coefficient (Wildman–Crippen LogP) is -0.384. The molecule has 0 amide bonds. The van der Waals surface area contributed by atoms with Crippen LogP contribution in [0.1, 0.15) is 6.42 Å². The first-order valence-corrected chi connectivity index (χ1v) is 4.32. The van der Waals surface area contributed by atoms with Gasteiger partial charge in [-0.1, -0.05) is 0 Å². The lowest BCUT2D eigenvalue weighted by atomic mass is 10.4. The molecule has 0 aliphatic carbocycles. The first-order valence-electron chi connectivity index (χ1n) is 4.32. The highest BCUT2D eigenvalue weighted by molar-refractivity contribution is 5.69. The Kier molecular flexibility index (Phi) is 3.67. The van der Waals surface area contributed by atoms with Gasteiger partial charge in [-0.15, -0.1) is 0 Å². The second-order valence-corrected chi connectivity index (χ2v) is 2.79. The summed E-state index contributed by atoms with van der Waals surface area (Å²) >= 11 is 0. The van der Waals surface area contributed by atoms with Crippen molar-refractivity contribution in [2.45, 2.75) is 6.42 Å². The highest BCUT2D eigenvalue weighted by atomic mass is 16.5. The number of aromatic nitrogens is 2. The summed E-state index contributed by atoms with van der Waals surface area (Å²) in [5, 5.41) is 2.88. The van der Waals surface area contributed by atoms with Crippen LogP contribution in [0.2, 0.25) is 0 Å². The molecular weight excluding hydrogens is 198 g/mol. The molecule has 1 aromatic heterocycles. The van der Waals surface area contributed by atoms with Crippen LogP contribution in [0.4, 0.5) is 17.6 Å². The van der Waals surface area contributed by atoms with Gasteiger partial charge in [0.1, 0.15) is 11.6 Å². The van der Waals surface area contributed by atoms with E-state index in [4.69, 9.17) is 11.5 Å². The van der Waals surface area contributed by atoms with E-state index in [1.165, 1.54) is 13.2 Å². The highest BCUT2D eigenvalue weighted by Crippen LogP contribution is 2.08. The van der Waals surface area contributed by atoms with Crippen molar-refractivity contribution in [3.8, 4) is 0 Å². The maximum Gasteiger partial charge on any atom is 0.307 e. The molecule has 0 fully saturated rings. The van der Waals surface area contributed by atoms with Crippen molar-refractivity contribution in [1.29, 1.82) is 0 Å². The van der Waals surface area contributed by atoms with E-state index >= 15 is 0 Å². The number of esters is 1. The molecule has 1 rings (SSSR count). The molecule has 1 heterocycles. The third-order valence-electron chi connectivity index (χ3n) is 1.63. The van der Waals surface area contributed by atoms with E-state index < -0.39 is 0 Å². The van der Waals surface area contributed by atoms with E-state index in [9.17, 15) is 4.79 Å². The van der Waals surface area contributed by atoms with Gasteiger partial charge in [-0.05, 0) is 0 Å². The minimum absolute atomic E-state index is 0.0931. The standard InChI is InChI=1S/C8H13N5O2/c1-15-7(14)2-3-11-6-4-5(9)12-8(10)13-6/h4H,2-3H2,1H3,(H5,9,10,11,12,13). The summed E-state index contributed by atoms with van der Waals surface area (Å²) in [5.74, 6) is 0.569. The predicted molar refractivity (Wildman–Crippen MR) is 56.0 cm³/mol. The summed E-state index contributed by atoms with van der Waals surface area (Å²) in [7, 11) is 1.34. The lowest BCUT2D eigenvalue weighted by molar-refractivity contribution is -0.140. The maximum atomic E-state index is 10.8. The number of hydrogen-bond donors (Lipinski definition) is 3. The summed E-state index contributed by atoms with van der Waals surface area (Å²) in [6, 6.07) is 1.54. The Bertz CT molecular complexity index is 335. The largest absolute Gasteiger partial charge is 0.469 e. The van der Waals surface area contributed by atoms with Gasteiger partial charge in [-0.25, -0.2) is 0 Å². The first-order chi connectivity index (χ1) is 7.11. The molecule has 7 nitrogen and oxygen atoms in total. The van der Waals surface area contributed by atoms with E-state index in [2.05, 4.69) is 20.0 Å². The zero-order chi connectivity index (χ0) is 11.3. The lowest BCUT2D eigenvalue weighted by Crippen LogP contribution is -2.11. The maximum absolute atomic E-state index is 10.8. The van der Waals surface area contributed by atoms with Gasteiger partial charge in [0.15, 0.2) is 0 Å². The normalized spacial score (nSPS) is 9.67. The number of hydrogen-bond acceptors (Lipinski definition) is 7. The molecule has 0 unspecified atom stereocenters. The van der Waals surface area contributed by atoms with Gasteiger partial charge in [0.2, 0.25) is 5.95 Å². The van der Waals surface area contributed by atoms with Crippen LogP contribution in [0.15, 0.2) is 6.07 Å². The van der Waals surface area contributed by atoms with Gasteiger partial charge < -0.3 is 21.5 Å². The molecule has 0 aliphatic heterocycles. The fourth-order valence-corrected chi connectivity index (χ4v) is 0.971. The number of nitrogen functional groups attached to an aromatic ring is 2. The van der Waals surface area contributed by atoms with Gasteiger partial charge in [0.25, 0.3) is 0 Å². The summed E-state index contributed by atoms with van der Waals surface area (Å²) in [6.07, 6.45) is 0.250. The van der Waals surface area contributed by atoms with Crippen molar-refractivity contribution >= 4 is 23.6 Å². The van der Waals surface area contributed by atoms with E-state index in [-0.39, 0.29) is 24.2 Å². The quantitative estimate of drug-likeness (QED) is 0.581. The summed E-state index contributed by atoms with van der Waals surface area (Å²) < 4.78 is 4.47. The Morgan fingerprint density at radius 1 is 1.53 bits per heavy atom. The van der Waals surface area contributed by atoms with Crippen LogP contribution in [-0.4, -0.2) is 29.6 Å². The molecule has 7 heteroatoms. The molecule has 0 atom stereocenters. The second kappa shape index (κ2) is 4.99. The van der Waals surface area contributed by atoms with Crippen molar-refractivity contribution in [2.75, 3.05) is 30.4 Å². The third kappa shape index (κ3) is 3.67. The van der Waals surface area contributed by atoms with E-state index in [0.717, 1.165) is 0 Å². The third-order valence-corrected chi connectivity index (χ3v) is 1.63. The van der Waals surface area contributed by atoms with Gasteiger partial charge in [0, 0.05) is 12.6 Å². The second-order valence-electron chi connectivity index (χ2n) is 2.79. The SMILES string of the molecule is COC(=O)CCNc1cc(N)nc(N)n1. The zero-order valence-electron chi connectivity index (χ0n) is 8.36. The molecular formula is C8H13N5O2. The molecule has 0 spiro atoms. The summed E-state index contributed by atoms with van der Waals surface area (Å²) in [6.45, 7) is 0.405. The molecule has 0 bridgehead atoms. The van der Waals surface area contributed by atoms with Crippen LogP contribution >= 0.6 is 0 Å². The smallest absolute Gasteiger partial charge is 0.307 e. The number of methoxy groups -OCH3 is 1. The van der Waals surface area contributed by atoms with Crippen LogP contribution in [0.25, 0.3) is 0 Å². The Hall–Kier alpha value is -2.05. The molecule has 82 valence electrons. The number of carbonyl (C=O) groups excluding carboxylic acids is 1. The fraction of sp³-hybridized carbons (Fsp3) is 0.375. The number of ether oxygens (including phenoxy) is 1. The van der Waals surface area contributed by atoms with Gasteiger partial charge in [-0.3, -0.25) is 4.79 Å². The Morgan fingerprint density at radius 3 is 2.87 bits per heavy atom. The highest BCUT2D eigenvalue weighted by Gasteiger charge is 2.02. The van der Waals surface area contributed by atoms with Crippen molar-refractivity contribution in [2.24, 2.45) is 0 Å². The number of carbonyl (C=O) groups is 1. The molecule has 0 aromatic carbocycles. The Balaban J connectivity index is 2.47. The topological polar surface area (TPSA) is 116 Å². The molecule has 15 heavy (non-hydrogen) atoms. The van der Waals surface area contributed by atoms with Crippen molar-refractivity contribution < 1.29 is 9.53 Å². The number of anilines is 3. The van der Waals surface area contributed by atoms with E-state index in [0.29, 0.717) is 12.4 Å². The van der Waals surface area contributed by atoms with Gasteiger partial charge in [-0.2, -0.15) is 9.97 Å². The van der Waals surface area contributed by atoms with Crippen molar-refractivity contribution in [3.05, 3.63) is 6.07 Å². The van der Waals surface area contributed by atoms with E-state index in [1.807, 2.05) is 0 Å². The van der Waals surface area contributed by atoms with Gasteiger partial charge in [0.05, 0.1) is 13.5 Å². The van der Waals surface area contributed by atoms with Gasteiger partial charge >= 0.3 is 5.97 Å². The number of nitrogens with two attached hydrogens (primary N) is 2. The monoisotopic (exact) mass is 211 g/mol. The molecule has 0 saturated heterocycles. The molecule has 0 saturated carbocycles. The van der Waals surface area contributed by atoms with Crippen LogP contribution in [0.3, 0.4) is 0 Å². The molecule has 0 radical (unpaired) electrons. The lowest BCUT2D eigenvalue weighted by Gasteiger charge is -2.05. The van der Waals surface area contributed by atoms with Crippen LogP contribution in [-0.2, 0) is 9.53 Å². The number of nitrogens with one attached hydrogen (secondary N) is 1.